The predicted octanol–water partition coefficient (Wildman–Crippen LogP) is -0.175. The summed E-state index contributed by atoms with van der Waals surface area (Å²) in [6.45, 7) is 5.91. The number of hydrogen-bond acceptors (Lipinski definition) is 5. The van der Waals surface area contributed by atoms with Crippen LogP contribution in [0.2, 0.25) is 0 Å². The zero-order valence-corrected chi connectivity index (χ0v) is 14.1. The van der Waals surface area contributed by atoms with Gasteiger partial charge in [-0.1, -0.05) is 18.7 Å². The first-order chi connectivity index (χ1) is 10.8. The van der Waals surface area contributed by atoms with Crippen molar-refractivity contribution in [3.05, 3.63) is 48.0 Å². The summed E-state index contributed by atoms with van der Waals surface area (Å²) in [5.74, 6) is -1.78. The number of hydrogen-bond donors (Lipinski definition) is 4. The second-order valence-corrected chi connectivity index (χ2v) is 6.42. The molecule has 0 bridgehead atoms. The minimum absolute atomic E-state index is 0.157. The first-order valence-corrected chi connectivity index (χ1v) is 7.91. The molecule has 0 heterocycles. The molecule has 0 unspecified atom stereocenters. The van der Waals surface area contributed by atoms with E-state index < -0.39 is 33.1 Å². The number of amides is 3. The third-order valence-electron chi connectivity index (χ3n) is 2.25. The summed E-state index contributed by atoms with van der Waals surface area (Å²) in [4.78, 5) is 31.0. The maximum atomic E-state index is 10.7. The van der Waals surface area contributed by atoms with E-state index in [2.05, 4.69) is 12.3 Å². The zero-order valence-electron chi connectivity index (χ0n) is 13.3. The normalized spacial score (nSPS) is 9.67. The van der Waals surface area contributed by atoms with Crippen LogP contribution < -0.4 is 17.2 Å². The Labute approximate surface area is 140 Å². The quantitative estimate of drug-likeness (QED) is 0.427. The van der Waals surface area contributed by atoms with Crippen molar-refractivity contribution in [2.75, 3.05) is 0 Å². The molecule has 0 saturated carbocycles. The van der Waals surface area contributed by atoms with Gasteiger partial charge in [-0.2, -0.15) is 8.42 Å². The van der Waals surface area contributed by atoms with E-state index >= 15 is 0 Å². The van der Waals surface area contributed by atoms with Crippen LogP contribution in [0.5, 0.6) is 0 Å². The maximum Gasteiger partial charge on any atom is 0.267 e. The zero-order chi connectivity index (χ0) is 19.5. The molecule has 0 radical (unpaired) electrons. The third kappa shape index (κ3) is 10.9. The Morgan fingerprint density at radius 3 is 1.42 bits per heavy atom. The maximum absolute atomic E-state index is 10.7. The van der Waals surface area contributed by atoms with Gasteiger partial charge in [-0.15, -0.1) is 0 Å². The van der Waals surface area contributed by atoms with Crippen LogP contribution >= 0.6 is 0 Å². The van der Waals surface area contributed by atoms with Gasteiger partial charge in [0.25, 0.3) is 10.1 Å². The van der Waals surface area contributed by atoms with E-state index in [0.29, 0.717) is 0 Å². The van der Waals surface area contributed by atoms with Crippen molar-refractivity contribution in [3.8, 4) is 0 Å². The molecule has 0 aliphatic heterocycles. The molecule has 0 aliphatic carbocycles. The van der Waals surface area contributed by atoms with Crippen molar-refractivity contribution >= 4 is 27.8 Å². The van der Waals surface area contributed by atoms with Crippen LogP contribution in [0.3, 0.4) is 0 Å². The summed E-state index contributed by atoms with van der Waals surface area (Å²) >= 11 is 0. The Morgan fingerprint density at radius 2 is 1.29 bits per heavy atom. The summed E-state index contributed by atoms with van der Waals surface area (Å²) in [6.07, 6.45) is 1.06. The minimum atomic E-state index is -3.74. The van der Waals surface area contributed by atoms with Crippen molar-refractivity contribution in [2.24, 2.45) is 17.2 Å². The molecule has 0 atom stereocenters. The number of carbonyl (C=O) groups excluding carboxylic acids is 3. The van der Waals surface area contributed by atoms with E-state index in [0.717, 1.165) is 6.08 Å². The molecule has 1 aromatic carbocycles. The van der Waals surface area contributed by atoms with Gasteiger partial charge in [0.15, 0.2) is 0 Å². The molecule has 0 aromatic heterocycles. The molecule has 3 amide bonds. The molecule has 0 aliphatic rings. The van der Waals surface area contributed by atoms with E-state index in [1.165, 1.54) is 26.0 Å². The highest BCUT2D eigenvalue weighted by Gasteiger charge is 2.10. The first kappa shape index (κ1) is 23.5. The van der Waals surface area contributed by atoms with Crippen LogP contribution in [-0.2, 0) is 14.9 Å². The Hall–Kier alpha value is -2.72. The number of benzene rings is 1. The van der Waals surface area contributed by atoms with Crippen molar-refractivity contribution < 1.29 is 27.4 Å². The highest BCUT2D eigenvalue weighted by molar-refractivity contribution is 7.86. The lowest BCUT2D eigenvalue weighted by Gasteiger charge is -2.00. The van der Waals surface area contributed by atoms with E-state index in [4.69, 9.17) is 16.0 Å². The summed E-state index contributed by atoms with van der Waals surface area (Å²) in [5, 5.41) is -0.674. The van der Waals surface area contributed by atoms with Gasteiger partial charge in [-0.25, -0.2) is 0 Å². The first-order valence-electron chi connectivity index (χ1n) is 6.41. The van der Waals surface area contributed by atoms with E-state index in [9.17, 15) is 22.8 Å². The number of carbonyl (C=O) groups is 3. The SMILES string of the molecule is C=CC(N)=O.CC(C)S(=O)(=O)O.NC(=O)c1ccccc1C(N)=O. The average Bonchev–Trinajstić information content (AvgIpc) is 2.47. The van der Waals surface area contributed by atoms with Gasteiger partial charge in [-0.3, -0.25) is 18.9 Å². The van der Waals surface area contributed by atoms with E-state index in [1.807, 2.05) is 0 Å². The molecule has 24 heavy (non-hydrogen) atoms. The molecule has 9 nitrogen and oxygen atoms in total. The Kier molecular flexibility index (Phi) is 10.7. The smallest absolute Gasteiger partial charge is 0.267 e. The fraction of sp³-hybridized carbons (Fsp3) is 0.214. The Balaban J connectivity index is 0. The van der Waals surface area contributed by atoms with Gasteiger partial charge in [-0.05, 0) is 32.1 Å². The monoisotopic (exact) mass is 359 g/mol. The molecule has 134 valence electrons. The third-order valence-corrected chi connectivity index (χ3v) is 3.45. The number of primary amides is 3. The topological polar surface area (TPSA) is 184 Å². The molecular weight excluding hydrogens is 338 g/mol. The van der Waals surface area contributed by atoms with Crippen LogP contribution in [0.1, 0.15) is 34.6 Å². The van der Waals surface area contributed by atoms with Crippen molar-refractivity contribution in [1.29, 1.82) is 0 Å². The largest absolute Gasteiger partial charge is 0.366 e. The van der Waals surface area contributed by atoms with Crippen LogP contribution in [0.15, 0.2) is 36.9 Å². The number of rotatable bonds is 4. The molecule has 1 aromatic rings. The summed E-state index contributed by atoms with van der Waals surface area (Å²) in [7, 11) is -3.74. The van der Waals surface area contributed by atoms with Crippen molar-refractivity contribution in [2.45, 2.75) is 19.1 Å². The molecular formula is C14H21N3O6S. The standard InChI is InChI=1S/C8H8N2O2.C3H5NO.C3H8O3S/c9-7(11)5-3-1-2-4-6(5)8(10)12;1-2-3(4)5;1-3(2)7(4,5)6/h1-4H,(H2,9,11)(H2,10,12);2H,1H2,(H2,4,5);3H,1-2H3,(H,4,5,6). The fourth-order valence-electron chi connectivity index (χ4n) is 0.913. The average molecular weight is 359 g/mol. The highest BCUT2D eigenvalue weighted by Crippen LogP contribution is 2.06. The van der Waals surface area contributed by atoms with Gasteiger partial charge in [0.1, 0.15) is 0 Å². The van der Waals surface area contributed by atoms with Crippen molar-refractivity contribution in [3.63, 3.8) is 0 Å². The second kappa shape index (κ2) is 10.9. The summed E-state index contributed by atoms with van der Waals surface area (Å²) in [6, 6.07) is 6.16. The number of nitrogens with two attached hydrogens (primary N) is 3. The molecule has 10 heteroatoms. The molecule has 0 fully saturated rings. The summed E-state index contributed by atoms with van der Waals surface area (Å²) in [5.41, 5.74) is 14.9. The van der Waals surface area contributed by atoms with Crippen molar-refractivity contribution in [1.82, 2.24) is 0 Å². The van der Waals surface area contributed by atoms with E-state index in [-0.39, 0.29) is 11.1 Å². The van der Waals surface area contributed by atoms with Gasteiger partial charge < -0.3 is 17.2 Å². The molecule has 0 saturated heterocycles. The fourth-order valence-corrected chi connectivity index (χ4v) is 0.913. The van der Waals surface area contributed by atoms with Crippen LogP contribution in [0.4, 0.5) is 0 Å². The van der Waals surface area contributed by atoms with Crippen LogP contribution in [0, 0.1) is 0 Å². The van der Waals surface area contributed by atoms with Gasteiger partial charge in [0.2, 0.25) is 17.7 Å². The molecule has 1 rings (SSSR count). The lowest BCUT2D eigenvalue weighted by atomic mass is 10.1. The lowest BCUT2D eigenvalue weighted by molar-refractivity contribution is -0.113. The highest BCUT2D eigenvalue weighted by atomic mass is 32.2. The Bertz CT molecular complexity index is 665. The van der Waals surface area contributed by atoms with Crippen LogP contribution in [0.25, 0.3) is 0 Å². The summed E-state index contributed by atoms with van der Waals surface area (Å²) < 4.78 is 27.8. The second-order valence-electron chi connectivity index (χ2n) is 4.44. The Morgan fingerprint density at radius 1 is 1.04 bits per heavy atom. The van der Waals surface area contributed by atoms with Gasteiger partial charge >= 0.3 is 0 Å². The van der Waals surface area contributed by atoms with Gasteiger partial charge in [0, 0.05) is 0 Å². The molecule has 7 N–H and O–H groups in total. The lowest BCUT2D eigenvalue weighted by Crippen LogP contribution is -2.20. The van der Waals surface area contributed by atoms with Crippen LogP contribution in [-0.4, -0.2) is 35.9 Å². The van der Waals surface area contributed by atoms with E-state index in [1.54, 1.807) is 12.1 Å². The predicted molar refractivity (Wildman–Crippen MR) is 89.6 cm³/mol. The molecule has 0 spiro atoms. The van der Waals surface area contributed by atoms with Gasteiger partial charge in [0.05, 0.1) is 16.4 Å². The minimum Gasteiger partial charge on any atom is -0.366 e.